The molecule has 0 aliphatic heterocycles. The monoisotopic (exact) mass is 357 g/mol. The lowest BCUT2D eigenvalue weighted by Gasteiger charge is -2.12. The Hall–Kier alpha value is -4.10. The molecule has 3 rings (SSSR count). The molecule has 7 heteroatoms. The van der Waals surface area contributed by atoms with Crippen LogP contribution in [0.2, 0.25) is 0 Å². The summed E-state index contributed by atoms with van der Waals surface area (Å²) in [6.45, 7) is 1.85. The summed E-state index contributed by atoms with van der Waals surface area (Å²) in [6.07, 6.45) is 2.85. The molecule has 3 aromatic rings. The smallest absolute Gasteiger partial charge is 0.267 e. The van der Waals surface area contributed by atoms with Crippen LogP contribution in [0.25, 0.3) is 11.7 Å². The van der Waals surface area contributed by atoms with Gasteiger partial charge in [-0.3, -0.25) is 9.20 Å². The summed E-state index contributed by atoms with van der Waals surface area (Å²) in [5.74, 6) is 0.960. The number of nitriles is 2. The third-order valence-corrected chi connectivity index (χ3v) is 3.97. The highest BCUT2D eigenvalue weighted by Gasteiger charge is 2.14. The Labute approximate surface area is 155 Å². The number of hydrogen-bond acceptors (Lipinski definition) is 6. The van der Waals surface area contributed by atoms with Crippen molar-refractivity contribution < 1.29 is 4.74 Å². The third-order valence-electron chi connectivity index (χ3n) is 3.97. The van der Waals surface area contributed by atoms with E-state index >= 15 is 0 Å². The molecule has 1 N–H and O–H groups in total. The number of allylic oxidation sites excluding steroid dienone is 1. The number of fused-ring (bicyclic) bond motifs is 1. The van der Waals surface area contributed by atoms with Gasteiger partial charge < -0.3 is 10.1 Å². The second kappa shape index (κ2) is 7.42. The van der Waals surface area contributed by atoms with Crippen molar-refractivity contribution in [1.29, 1.82) is 10.5 Å². The molecule has 0 radical (unpaired) electrons. The summed E-state index contributed by atoms with van der Waals surface area (Å²) in [5.41, 5.74) is 1.58. The molecule has 0 fully saturated rings. The zero-order valence-electron chi connectivity index (χ0n) is 14.7. The molecular formula is C20H15N5O2. The molecule has 0 spiro atoms. The maximum Gasteiger partial charge on any atom is 0.267 e. The summed E-state index contributed by atoms with van der Waals surface area (Å²) >= 11 is 0. The quantitative estimate of drug-likeness (QED) is 0.719. The van der Waals surface area contributed by atoms with Crippen LogP contribution in [-0.4, -0.2) is 16.5 Å². The molecule has 0 aliphatic rings. The normalized spacial score (nSPS) is 9.93. The van der Waals surface area contributed by atoms with Gasteiger partial charge in [0.1, 0.15) is 34.9 Å². The molecule has 0 saturated heterocycles. The molecule has 0 atom stereocenters. The first-order valence-electron chi connectivity index (χ1n) is 8.02. The summed E-state index contributed by atoms with van der Waals surface area (Å²) in [4.78, 5) is 17.5. The highest BCUT2D eigenvalue weighted by atomic mass is 16.5. The minimum absolute atomic E-state index is 0.131. The Balaban J connectivity index is 2.23. The maximum absolute atomic E-state index is 13.0. The molecule has 0 amide bonds. The van der Waals surface area contributed by atoms with E-state index < -0.39 is 0 Å². The van der Waals surface area contributed by atoms with Gasteiger partial charge in [-0.15, -0.1) is 0 Å². The molecular weight excluding hydrogens is 342 g/mol. The van der Waals surface area contributed by atoms with Gasteiger partial charge in [-0.2, -0.15) is 10.5 Å². The van der Waals surface area contributed by atoms with Gasteiger partial charge in [-0.1, -0.05) is 6.07 Å². The topological polar surface area (TPSA) is 103 Å². The van der Waals surface area contributed by atoms with Gasteiger partial charge in [0.2, 0.25) is 0 Å². The lowest BCUT2D eigenvalue weighted by molar-refractivity contribution is 0.415. The van der Waals surface area contributed by atoms with Crippen LogP contribution < -0.4 is 15.6 Å². The molecule has 0 unspecified atom stereocenters. The number of anilines is 2. The van der Waals surface area contributed by atoms with Gasteiger partial charge >= 0.3 is 0 Å². The summed E-state index contributed by atoms with van der Waals surface area (Å²) in [5, 5.41) is 21.2. The first-order valence-corrected chi connectivity index (χ1v) is 8.02. The minimum Gasteiger partial charge on any atom is -0.497 e. The lowest BCUT2D eigenvalue weighted by Crippen LogP contribution is -2.20. The molecule has 0 aliphatic carbocycles. The van der Waals surface area contributed by atoms with Crippen molar-refractivity contribution >= 4 is 23.2 Å². The minimum atomic E-state index is -0.372. The zero-order chi connectivity index (χ0) is 19.4. The van der Waals surface area contributed by atoms with Crippen molar-refractivity contribution in [2.24, 2.45) is 0 Å². The molecule has 1 aromatic carbocycles. The number of aromatic nitrogens is 2. The number of ether oxygens (including phenoxy) is 1. The van der Waals surface area contributed by atoms with Gasteiger partial charge in [0.05, 0.1) is 12.7 Å². The van der Waals surface area contributed by atoms with Crippen molar-refractivity contribution in [3.63, 3.8) is 0 Å². The number of pyridine rings is 1. The Bertz CT molecular complexity index is 1160. The summed E-state index contributed by atoms with van der Waals surface area (Å²) in [6, 6.07) is 14.2. The number of hydrogen-bond donors (Lipinski definition) is 1. The average Bonchev–Trinajstić information content (AvgIpc) is 2.69. The van der Waals surface area contributed by atoms with Crippen LogP contribution in [0.15, 0.2) is 53.0 Å². The van der Waals surface area contributed by atoms with E-state index in [-0.39, 0.29) is 22.5 Å². The van der Waals surface area contributed by atoms with Crippen molar-refractivity contribution in [2.75, 3.05) is 12.4 Å². The Kier molecular flexibility index (Phi) is 4.87. The number of benzene rings is 1. The van der Waals surface area contributed by atoms with Crippen LogP contribution in [0.5, 0.6) is 5.75 Å². The number of nitrogens with zero attached hydrogens (tertiary/aromatic N) is 4. The van der Waals surface area contributed by atoms with Crippen LogP contribution in [0.4, 0.5) is 11.5 Å². The lowest BCUT2D eigenvalue weighted by atomic mass is 10.2. The first-order chi connectivity index (χ1) is 13.1. The molecule has 132 valence electrons. The number of methoxy groups -OCH3 is 1. The SMILES string of the molecule is COc1ccc(Nc2nc3c(C)cccn3c(=O)c2C=C(C#N)C#N)cc1. The van der Waals surface area contributed by atoms with E-state index in [0.717, 1.165) is 5.56 Å². The van der Waals surface area contributed by atoms with Crippen LogP contribution >= 0.6 is 0 Å². The van der Waals surface area contributed by atoms with E-state index in [1.807, 2.05) is 13.0 Å². The van der Waals surface area contributed by atoms with Gasteiger partial charge in [-0.25, -0.2) is 4.98 Å². The van der Waals surface area contributed by atoms with Gasteiger partial charge in [0.25, 0.3) is 5.56 Å². The summed E-state index contributed by atoms with van der Waals surface area (Å²) in [7, 11) is 1.57. The van der Waals surface area contributed by atoms with E-state index in [1.54, 1.807) is 55.8 Å². The van der Waals surface area contributed by atoms with Crippen LogP contribution in [-0.2, 0) is 0 Å². The number of rotatable bonds is 4. The van der Waals surface area contributed by atoms with Crippen LogP contribution in [0, 0.1) is 29.6 Å². The van der Waals surface area contributed by atoms with E-state index in [2.05, 4.69) is 10.3 Å². The van der Waals surface area contributed by atoms with Gasteiger partial charge in [0.15, 0.2) is 0 Å². The molecule has 2 aromatic heterocycles. The highest BCUT2D eigenvalue weighted by Crippen LogP contribution is 2.22. The van der Waals surface area contributed by atoms with Crippen molar-refractivity contribution in [3.8, 4) is 17.9 Å². The Morgan fingerprint density at radius 1 is 1.22 bits per heavy atom. The Morgan fingerprint density at radius 3 is 2.56 bits per heavy atom. The van der Waals surface area contributed by atoms with E-state index in [0.29, 0.717) is 17.1 Å². The predicted molar refractivity (Wildman–Crippen MR) is 102 cm³/mol. The van der Waals surface area contributed by atoms with Gasteiger partial charge in [-0.05, 0) is 48.9 Å². The average molecular weight is 357 g/mol. The molecule has 27 heavy (non-hydrogen) atoms. The zero-order valence-corrected chi connectivity index (χ0v) is 14.7. The molecule has 0 saturated carbocycles. The second-order valence-corrected chi connectivity index (χ2v) is 5.70. The van der Waals surface area contributed by atoms with Crippen molar-refractivity contribution in [2.45, 2.75) is 6.92 Å². The number of nitrogens with one attached hydrogen (secondary N) is 1. The Morgan fingerprint density at radius 2 is 1.93 bits per heavy atom. The maximum atomic E-state index is 13.0. The van der Waals surface area contributed by atoms with E-state index in [4.69, 9.17) is 15.3 Å². The fourth-order valence-corrected chi connectivity index (χ4v) is 2.58. The summed E-state index contributed by atoms with van der Waals surface area (Å²) < 4.78 is 6.53. The molecule has 0 bridgehead atoms. The fourth-order valence-electron chi connectivity index (χ4n) is 2.58. The predicted octanol–water partition coefficient (Wildman–Crippen LogP) is 3.19. The van der Waals surface area contributed by atoms with E-state index in [9.17, 15) is 4.79 Å². The van der Waals surface area contributed by atoms with Crippen molar-refractivity contribution in [1.82, 2.24) is 9.38 Å². The molecule has 2 heterocycles. The van der Waals surface area contributed by atoms with Gasteiger partial charge in [0, 0.05) is 11.9 Å². The third kappa shape index (κ3) is 3.48. The largest absolute Gasteiger partial charge is 0.497 e. The van der Waals surface area contributed by atoms with Crippen LogP contribution in [0.1, 0.15) is 11.1 Å². The second-order valence-electron chi connectivity index (χ2n) is 5.70. The standard InChI is InChI=1S/C20H15N5O2/c1-13-4-3-9-25-19(13)24-18(17(20(25)26)10-14(11-21)12-22)23-15-5-7-16(27-2)8-6-15/h3-10,23H,1-2H3. The molecule has 7 nitrogen and oxygen atoms in total. The fraction of sp³-hybridized carbons (Fsp3) is 0.100. The van der Waals surface area contributed by atoms with Crippen molar-refractivity contribution in [3.05, 3.63) is 69.6 Å². The van der Waals surface area contributed by atoms with E-state index in [1.165, 1.54) is 10.5 Å². The highest BCUT2D eigenvalue weighted by molar-refractivity contribution is 5.74. The van der Waals surface area contributed by atoms with Crippen LogP contribution in [0.3, 0.4) is 0 Å². The first kappa shape index (κ1) is 17.7. The number of aryl methyl sites for hydroxylation is 1.